The Morgan fingerprint density at radius 2 is 1.72 bits per heavy atom. The van der Waals surface area contributed by atoms with E-state index in [1.807, 2.05) is 4.90 Å². The number of rotatable bonds is 8. The lowest BCUT2D eigenvalue weighted by Crippen LogP contribution is -2.48. The lowest BCUT2D eigenvalue weighted by atomic mass is 10.1. The Bertz CT molecular complexity index is 817. The third-order valence-corrected chi connectivity index (χ3v) is 6.28. The number of piperazine rings is 2. The summed E-state index contributed by atoms with van der Waals surface area (Å²) in [6.45, 7) is 9.58. The van der Waals surface area contributed by atoms with Gasteiger partial charge in [-0.2, -0.15) is 0 Å². The van der Waals surface area contributed by atoms with Crippen LogP contribution in [0.2, 0.25) is 0 Å². The van der Waals surface area contributed by atoms with Crippen LogP contribution in [0.25, 0.3) is 0 Å². The van der Waals surface area contributed by atoms with E-state index in [4.69, 9.17) is 0 Å². The summed E-state index contributed by atoms with van der Waals surface area (Å²) in [4.78, 5) is 43.6. The SMILES string of the molecule is CC(=O)N1CCN(c2ccc(C(=O)NCCCCN3CCN(C)CC3)cc2[N+](=O)[O-])CC1. The van der Waals surface area contributed by atoms with Crippen molar-refractivity contribution in [2.24, 2.45) is 0 Å². The summed E-state index contributed by atoms with van der Waals surface area (Å²) in [5.74, 6) is -0.282. The largest absolute Gasteiger partial charge is 0.362 e. The highest BCUT2D eigenvalue weighted by molar-refractivity contribution is 5.95. The average molecular weight is 447 g/mol. The predicted octanol–water partition coefficient (Wildman–Crippen LogP) is 1.02. The number of nitrogens with zero attached hydrogens (tertiary/aromatic N) is 5. The van der Waals surface area contributed by atoms with Crippen LogP contribution in [-0.2, 0) is 4.79 Å². The summed E-state index contributed by atoms with van der Waals surface area (Å²) in [5.41, 5.74) is 0.702. The molecule has 3 rings (SSSR count). The maximum absolute atomic E-state index is 12.5. The number of nitro groups is 1. The quantitative estimate of drug-likeness (QED) is 0.361. The van der Waals surface area contributed by atoms with E-state index in [0.29, 0.717) is 44.0 Å². The molecule has 176 valence electrons. The van der Waals surface area contributed by atoms with Crippen molar-refractivity contribution < 1.29 is 14.5 Å². The molecule has 0 spiro atoms. The number of carbonyl (C=O) groups is 2. The van der Waals surface area contributed by atoms with E-state index >= 15 is 0 Å². The number of unbranched alkanes of at least 4 members (excludes halogenated alkanes) is 1. The Morgan fingerprint density at radius 1 is 1.03 bits per heavy atom. The number of carbonyl (C=O) groups excluding carboxylic acids is 2. The van der Waals surface area contributed by atoms with E-state index in [0.717, 1.165) is 45.6 Å². The van der Waals surface area contributed by atoms with Gasteiger partial charge in [-0.25, -0.2) is 0 Å². The van der Waals surface area contributed by atoms with Crippen LogP contribution in [0.15, 0.2) is 18.2 Å². The van der Waals surface area contributed by atoms with Gasteiger partial charge in [-0.15, -0.1) is 0 Å². The van der Waals surface area contributed by atoms with Crippen molar-refractivity contribution in [1.29, 1.82) is 0 Å². The summed E-state index contributed by atoms with van der Waals surface area (Å²) in [6.07, 6.45) is 1.88. The van der Waals surface area contributed by atoms with Gasteiger partial charge in [-0.05, 0) is 38.6 Å². The molecule has 2 saturated heterocycles. The van der Waals surface area contributed by atoms with Gasteiger partial charge in [0.15, 0.2) is 0 Å². The van der Waals surface area contributed by atoms with Gasteiger partial charge in [0.25, 0.3) is 11.6 Å². The molecule has 0 bridgehead atoms. The maximum Gasteiger partial charge on any atom is 0.293 e. The zero-order chi connectivity index (χ0) is 23.1. The van der Waals surface area contributed by atoms with Crippen LogP contribution in [-0.4, -0.2) is 104 Å². The summed E-state index contributed by atoms with van der Waals surface area (Å²) in [5, 5.41) is 14.5. The molecule has 0 aliphatic carbocycles. The van der Waals surface area contributed by atoms with Crippen LogP contribution in [0, 0.1) is 10.1 Å². The lowest BCUT2D eigenvalue weighted by molar-refractivity contribution is -0.384. The molecule has 10 heteroatoms. The number of nitro benzene ring substituents is 1. The molecule has 2 aliphatic heterocycles. The molecule has 0 saturated carbocycles. The number of benzene rings is 1. The van der Waals surface area contributed by atoms with Gasteiger partial charge in [0, 0.05) is 77.5 Å². The summed E-state index contributed by atoms with van der Waals surface area (Å²) in [6, 6.07) is 4.63. The first kappa shape index (κ1) is 23.9. The topological polar surface area (TPSA) is 102 Å². The lowest BCUT2D eigenvalue weighted by Gasteiger charge is -2.35. The Labute approximate surface area is 189 Å². The first-order chi connectivity index (χ1) is 15.3. The summed E-state index contributed by atoms with van der Waals surface area (Å²) >= 11 is 0. The highest BCUT2D eigenvalue weighted by Crippen LogP contribution is 2.30. The summed E-state index contributed by atoms with van der Waals surface area (Å²) < 4.78 is 0. The molecule has 2 heterocycles. The zero-order valence-corrected chi connectivity index (χ0v) is 19.1. The fourth-order valence-corrected chi connectivity index (χ4v) is 4.18. The molecule has 2 aliphatic rings. The molecule has 10 nitrogen and oxygen atoms in total. The van der Waals surface area contributed by atoms with Gasteiger partial charge >= 0.3 is 0 Å². The molecule has 32 heavy (non-hydrogen) atoms. The number of nitrogens with one attached hydrogen (secondary N) is 1. The molecule has 2 fully saturated rings. The second-order valence-corrected chi connectivity index (χ2v) is 8.56. The fraction of sp³-hybridized carbons (Fsp3) is 0.636. The number of likely N-dealkylation sites (N-methyl/N-ethyl adjacent to an activating group) is 1. The molecule has 2 amide bonds. The van der Waals surface area contributed by atoms with Crippen molar-refractivity contribution in [3.8, 4) is 0 Å². The Balaban J connectivity index is 1.49. The molecule has 0 radical (unpaired) electrons. The van der Waals surface area contributed by atoms with Crippen LogP contribution >= 0.6 is 0 Å². The van der Waals surface area contributed by atoms with E-state index < -0.39 is 4.92 Å². The predicted molar refractivity (Wildman–Crippen MR) is 123 cm³/mol. The van der Waals surface area contributed by atoms with E-state index in [-0.39, 0.29) is 17.5 Å². The maximum atomic E-state index is 12.5. The second-order valence-electron chi connectivity index (χ2n) is 8.56. The third kappa shape index (κ3) is 6.39. The third-order valence-electron chi connectivity index (χ3n) is 6.28. The minimum absolute atomic E-state index is 0.00898. The van der Waals surface area contributed by atoms with Crippen molar-refractivity contribution in [1.82, 2.24) is 20.0 Å². The van der Waals surface area contributed by atoms with Gasteiger partial charge in [0.1, 0.15) is 5.69 Å². The van der Waals surface area contributed by atoms with Gasteiger partial charge in [0.2, 0.25) is 5.91 Å². The first-order valence-electron chi connectivity index (χ1n) is 11.3. The zero-order valence-electron chi connectivity index (χ0n) is 19.1. The second kappa shape index (κ2) is 11.2. The van der Waals surface area contributed by atoms with Crippen LogP contribution in [0.3, 0.4) is 0 Å². The van der Waals surface area contributed by atoms with E-state index in [9.17, 15) is 19.7 Å². The standard InChI is InChI=1S/C22H34N6O4/c1-18(29)26-13-15-27(16-14-26)20-6-5-19(17-21(20)28(31)32)22(30)23-7-3-4-8-25-11-9-24(2)10-12-25/h5-6,17H,3-4,7-16H2,1-2H3,(H,23,30). The highest BCUT2D eigenvalue weighted by atomic mass is 16.6. The number of hydrogen-bond donors (Lipinski definition) is 1. The molecular formula is C22H34N6O4. The molecular weight excluding hydrogens is 412 g/mol. The normalized spacial score (nSPS) is 17.9. The van der Waals surface area contributed by atoms with Gasteiger partial charge < -0.3 is 24.9 Å². The molecule has 0 aromatic heterocycles. The molecule has 0 unspecified atom stereocenters. The summed E-state index contributed by atoms with van der Waals surface area (Å²) in [7, 11) is 2.14. The van der Waals surface area contributed by atoms with E-state index in [2.05, 4.69) is 22.2 Å². The first-order valence-corrected chi connectivity index (χ1v) is 11.3. The Kier molecular flexibility index (Phi) is 8.40. The molecule has 1 N–H and O–H groups in total. The monoisotopic (exact) mass is 446 g/mol. The smallest absolute Gasteiger partial charge is 0.293 e. The van der Waals surface area contributed by atoms with E-state index in [1.54, 1.807) is 17.0 Å². The van der Waals surface area contributed by atoms with Crippen molar-refractivity contribution in [2.75, 3.05) is 77.4 Å². The van der Waals surface area contributed by atoms with Crippen molar-refractivity contribution in [2.45, 2.75) is 19.8 Å². The minimum Gasteiger partial charge on any atom is -0.362 e. The van der Waals surface area contributed by atoms with Crippen LogP contribution in [0.5, 0.6) is 0 Å². The van der Waals surface area contributed by atoms with Crippen molar-refractivity contribution in [3.05, 3.63) is 33.9 Å². The van der Waals surface area contributed by atoms with Crippen molar-refractivity contribution in [3.63, 3.8) is 0 Å². The number of anilines is 1. The van der Waals surface area contributed by atoms with Crippen LogP contribution < -0.4 is 10.2 Å². The van der Waals surface area contributed by atoms with Gasteiger partial charge in [0.05, 0.1) is 4.92 Å². The van der Waals surface area contributed by atoms with Crippen molar-refractivity contribution >= 4 is 23.2 Å². The fourth-order valence-electron chi connectivity index (χ4n) is 4.18. The van der Waals surface area contributed by atoms with Gasteiger partial charge in [-0.1, -0.05) is 0 Å². The van der Waals surface area contributed by atoms with Gasteiger partial charge in [-0.3, -0.25) is 19.7 Å². The minimum atomic E-state index is -0.445. The average Bonchev–Trinajstić information content (AvgIpc) is 2.79. The molecule has 1 aromatic carbocycles. The Hall–Kier alpha value is -2.72. The van der Waals surface area contributed by atoms with Crippen LogP contribution in [0.4, 0.5) is 11.4 Å². The molecule has 1 aromatic rings. The number of hydrogen-bond acceptors (Lipinski definition) is 7. The Morgan fingerprint density at radius 3 is 2.34 bits per heavy atom. The number of amides is 2. The van der Waals surface area contributed by atoms with E-state index in [1.165, 1.54) is 13.0 Å². The van der Waals surface area contributed by atoms with Crippen LogP contribution in [0.1, 0.15) is 30.1 Å². The highest BCUT2D eigenvalue weighted by Gasteiger charge is 2.25. The molecule has 0 atom stereocenters.